The van der Waals surface area contributed by atoms with Crippen molar-refractivity contribution in [2.75, 3.05) is 10.8 Å². The van der Waals surface area contributed by atoms with Crippen LogP contribution < -0.4 is 9.62 Å². The van der Waals surface area contributed by atoms with E-state index in [-0.39, 0.29) is 23.4 Å². The highest BCUT2D eigenvalue weighted by atomic mass is 32.2. The summed E-state index contributed by atoms with van der Waals surface area (Å²) in [5.74, 6) is -0.670. The minimum absolute atomic E-state index is 0.0944. The number of nitrogens with zero attached hydrogens (tertiary/aromatic N) is 2. The van der Waals surface area contributed by atoms with Crippen LogP contribution in [-0.4, -0.2) is 43.8 Å². The highest BCUT2D eigenvalue weighted by molar-refractivity contribution is 7.92. The average molecular weight is 562 g/mol. The monoisotopic (exact) mass is 561 g/mol. The van der Waals surface area contributed by atoms with Gasteiger partial charge in [0.15, 0.2) is 0 Å². The largest absolute Gasteiger partial charge is 0.352 e. The third-order valence-electron chi connectivity index (χ3n) is 7.65. The fourth-order valence-electron chi connectivity index (χ4n) is 5.08. The van der Waals surface area contributed by atoms with Crippen LogP contribution in [0.4, 0.5) is 5.69 Å². The molecular formula is C32H39N3O4S. The Morgan fingerprint density at radius 1 is 0.875 bits per heavy atom. The van der Waals surface area contributed by atoms with E-state index in [0.717, 1.165) is 46.7 Å². The summed E-state index contributed by atoms with van der Waals surface area (Å²) < 4.78 is 28.8. The lowest BCUT2D eigenvalue weighted by Crippen LogP contribution is -2.53. The fourth-order valence-corrected chi connectivity index (χ4v) is 6.52. The lowest BCUT2D eigenvalue weighted by Gasteiger charge is -2.33. The van der Waals surface area contributed by atoms with Gasteiger partial charge in [0, 0.05) is 12.6 Å². The molecule has 0 aliphatic heterocycles. The van der Waals surface area contributed by atoms with Gasteiger partial charge in [-0.1, -0.05) is 79.4 Å². The Bertz CT molecular complexity index is 1400. The molecule has 0 heterocycles. The van der Waals surface area contributed by atoms with Crippen LogP contribution in [0.3, 0.4) is 0 Å². The lowest BCUT2D eigenvalue weighted by molar-refractivity contribution is -0.139. The third-order valence-corrected chi connectivity index (χ3v) is 9.44. The predicted molar refractivity (Wildman–Crippen MR) is 158 cm³/mol. The summed E-state index contributed by atoms with van der Waals surface area (Å²) in [6, 6.07) is 22.2. The van der Waals surface area contributed by atoms with Crippen LogP contribution in [0.1, 0.15) is 55.7 Å². The maximum Gasteiger partial charge on any atom is 0.264 e. The summed E-state index contributed by atoms with van der Waals surface area (Å²) in [6.45, 7) is 5.35. The van der Waals surface area contributed by atoms with Gasteiger partial charge in [0.05, 0.1) is 10.6 Å². The van der Waals surface area contributed by atoms with Crippen molar-refractivity contribution >= 4 is 27.5 Å². The van der Waals surface area contributed by atoms with E-state index >= 15 is 0 Å². The summed E-state index contributed by atoms with van der Waals surface area (Å²) in [7, 11) is -4.06. The van der Waals surface area contributed by atoms with Gasteiger partial charge in [-0.15, -0.1) is 0 Å². The van der Waals surface area contributed by atoms with Crippen LogP contribution in [0, 0.1) is 13.8 Å². The molecule has 0 aromatic heterocycles. The molecule has 1 atom stereocenters. The normalized spacial score (nSPS) is 14.8. The van der Waals surface area contributed by atoms with Gasteiger partial charge >= 0.3 is 0 Å². The van der Waals surface area contributed by atoms with Gasteiger partial charge in [0.2, 0.25) is 11.8 Å². The molecule has 3 aromatic carbocycles. The fraction of sp³-hybridized carbons (Fsp3) is 0.375. The zero-order valence-corrected chi connectivity index (χ0v) is 24.4. The second kappa shape index (κ2) is 13.1. The Morgan fingerprint density at radius 3 is 2.15 bits per heavy atom. The number of carbonyl (C=O) groups is 2. The van der Waals surface area contributed by atoms with E-state index in [2.05, 4.69) is 5.32 Å². The van der Waals surface area contributed by atoms with Crippen LogP contribution in [0.2, 0.25) is 0 Å². The second-order valence-electron chi connectivity index (χ2n) is 10.6. The van der Waals surface area contributed by atoms with Gasteiger partial charge in [-0.05, 0) is 69.0 Å². The molecule has 1 saturated carbocycles. The summed E-state index contributed by atoms with van der Waals surface area (Å²) in [4.78, 5) is 29.1. The van der Waals surface area contributed by atoms with E-state index in [1.807, 2.05) is 50.2 Å². The Kier molecular flexibility index (Phi) is 9.63. The first kappa shape index (κ1) is 29.3. The minimum Gasteiger partial charge on any atom is -0.352 e. The quantitative estimate of drug-likeness (QED) is 0.361. The number of hydrogen-bond acceptors (Lipinski definition) is 4. The molecule has 1 aliphatic carbocycles. The van der Waals surface area contributed by atoms with Crippen molar-refractivity contribution in [2.45, 2.75) is 76.4 Å². The van der Waals surface area contributed by atoms with E-state index < -0.39 is 28.5 Å². The summed E-state index contributed by atoms with van der Waals surface area (Å²) in [6.07, 6.45) is 5.19. The number of nitrogens with one attached hydrogen (secondary N) is 1. The van der Waals surface area contributed by atoms with Gasteiger partial charge in [0.1, 0.15) is 12.6 Å². The molecule has 0 unspecified atom stereocenters. The van der Waals surface area contributed by atoms with Gasteiger partial charge in [-0.3, -0.25) is 13.9 Å². The highest BCUT2D eigenvalue weighted by Crippen LogP contribution is 2.25. The molecule has 0 bridgehead atoms. The number of benzene rings is 3. The van der Waals surface area contributed by atoms with E-state index in [1.165, 1.54) is 23.5 Å². The van der Waals surface area contributed by atoms with Crippen LogP contribution in [0.25, 0.3) is 0 Å². The standard InChI is InChI=1S/C32H39N3O4S/c1-24-18-20-29(21-19-24)35(40(38,39)30-16-8-5-9-17-30)23-31(36)34(22-27-13-11-10-12-25(27)2)26(3)32(37)33-28-14-6-4-7-15-28/h5,8-13,16-21,26,28H,4,6-7,14-15,22-23H2,1-3H3,(H,33,37)/t26-/m1/s1. The number of amides is 2. The first-order valence-electron chi connectivity index (χ1n) is 14.0. The minimum atomic E-state index is -4.06. The molecule has 2 amide bonds. The Morgan fingerprint density at radius 2 is 1.50 bits per heavy atom. The number of sulfonamides is 1. The summed E-state index contributed by atoms with van der Waals surface area (Å²) in [5.41, 5.74) is 3.26. The van der Waals surface area contributed by atoms with Crippen LogP contribution in [0.15, 0.2) is 83.8 Å². The van der Waals surface area contributed by atoms with Crippen molar-refractivity contribution in [3.8, 4) is 0 Å². The number of rotatable bonds is 10. The van der Waals surface area contributed by atoms with Gasteiger partial charge in [0.25, 0.3) is 10.0 Å². The van der Waals surface area contributed by atoms with Crippen molar-refractivity contribution in [2.24, 2.45) is 0 Å². The molecule has 8 heteroatoms. The Hall–Kier alpha value is -3.65. The van der Waals surface area contributed by atoms with Crippen LogP contribution in [-0.2, 0) is 26.2 Å². The smallest absolute Gasteiger partial charge is 0.264 e. The summed E-state index contributed by atoms with van der Waals surface area (Å²) in [5, 5.41) is 3.14. The zero-order valence-electron chi connectivity index (χ0n) is 23.5. The molecule has 1 aliphatic rings. The summed E-state index contributed by atoms with van der Waals surface area (Å²) >= 11 is 0. The van der Waals surface area contributed by atoms with Crippen LogP contribution >= 0.6 is 0 Å². The van der Waals surface area contributed by atoms with Gasteiger partial charge in [-0.25, -0.2) is 8.42 Å². The topological polar surface area (TPSA) is 86.8 Å². The molecular weight excluding hydrogens is 522 g/mol. The number of anilines is 1. The van der Waals surface area contributed by atoms with Crippen molar-refractivity contribution < 1.29 is 18.0 Å². The van der Waals surface area contributed by atoms with E-state index in [0.29, 0.717) is 5.69 Å². The molecule has 0 spiro atoms. The van der Waals surface area contributed by atoms with E-state index in [1.54, 1.807) is 37.3 Å². The first-order valence-corrected chi connectivity index (χ1v) is 15.4. The van der Waals surface area contributed by atoms with E-state index in [9.17, 15) is 18.0 Å². The SMILES string of the molecule is Cc1ccc(N(CC(=O)N(Cc2ccccc2C)[C@H](C)C(=O)NC2CCCCC2)S(=O)(=O)c2ccccc2)cc1. The molecule has 0 radical (unpaired) electrons. The molecule has 1 N–H and O–H groups in total. The average Bonchev–Trinajstić information content (AvgIpc) is 2.96. The maximum absolute atomic E-state index is 14.1. The van der Waals surface area contributed by atoms with Gasteiger partial charge in [-0.2, -0.15) is 0 Å². The third kappa shape index (κ3) is 7.10. The lowest BCUT2D eigenvalue weighted by atomic mass is 9.95. The van der Waals surface area contributed by atoms with E-state index in [4.69, 9.17) is 0 Å². The van der Waals surface area contributed by atoms with Crippen molar-refractivity contribution in [3.63, 3.8) is 0 Å². The number of carbonyl (C=O) groups excluding carboxylic acids is 2. The molecule has 3 aromatic rings. The first-order chi connectivity index (χ1) is 19.2. The molecule has 7 nitrogen and oxygen atoms in total. The zero-order chi connectivity index (χ0) is 28.7. The molecule has 1 fully saturated rings. The number of aryl methyl sites for hydroxylation is 2. The van der Waals surface area contributed by atoms with Crippen molar-refractivity contribution in [3.05, 3.63) is 95.6 Å². The van der Waals surface area contributed by atoms with Crippen molar-refractivity contribution in [1.82, 2.24) is 10.2 Å². The Balaban J connectivity index is 1.67. The van der Waals surface area contributed by atoms with Gasteiger partial charge < -0.3 is 10.2 Å². The number of hydrogen-bond donors (Lipinski definition) is 1. The molecule has 40 heavy (non-hydrogen) atoms. The predicted octanol–water partition coefficient (Wildman–Crippen LogP) is 5.36. The van der Waals surface area contributed by atoms with Crippen molar-refractivity contribution in [1.29, 1.82) is 0 Å². The maximum atomic E-state index is 14.1. The molecule has 212 valence electrons. The Labute approximate surface area is 238 Å². The molecule has 4 rings (SSSR count). The highest BCUT2D eigenvalue weighted by Gasteiger charge is 2.33. The van der Waals surface area contributed by atoms with Crippen LogP contribution in [0.5, 0.6) is 0 Å². The molecule has 0 saturated heterocycles. The second-order valence-corrected chi connectivity index (χ2v) is 12.5.